The van der Waals surface area contributed by atoms with Crippen molar-refractivity contribution >= 4 is 5.91 Å². The first-order valence-electron chi connectivity index (χ1n) is 5.70. The summed E-state index contributed by atoms with van der Waals surface area (Å²) < 4.78 is 5.23. The summed E-state index contributed by atoms with van der Waals surface area (Å²) in [5.41, 5.74) is 2.10. The predicted molar refractivity (Wildman–Crippen MR) is 65.9 cm³/mol. The van der Waals surface area contributed by atoms with Crippen LogP contribution in [0, 0.1) is 0 Å². The zero-order valence-corrected chi connectivity index (χ0v) is 10.5. The molecule has 1 amide bonds. The summed E-state index contributed by atoms with van der Waals surface area (Å²) in [5, 5.41) is 11.7. The number of hydrogen-bond donors (Lipinski definition) is 2. The molecule has 0 bridgehead atoms. The quantitative estimate of drug-likeness (QED) is 0.810. The third kappa shape index (κ3) is 3.75. The molecule has 0 heterocycles. The SMILES string of the molecule is CCc1cc(CNC(=O)C(C)O)ccc1OC. The number of benzene rings is 1. The van der Waals surface area contributed by atoms with E-state index in [0.717, 1.165) is 23.3 Å². The van der Waals surface area contributed by atoms with Crippen molar-refractivity contribution in [2.24, 2.45) is 0 Å². The van der Waals surface area contributed by atoms with Crippen molar-refractivity contribution in [1.82, 2.24) is 5.32 Å². The number of carbonyl (C=O) groups is 1. The molecular weight excluding hydrogens is 218 g/mol. The Morgan fingerprint density at radius 1 is 1.53 bits per heavy atom. The smallest absolute Gasteiger partial charge is 0.248 e. The molecule has 1 aromatic carbocycles. The Kier molecular flexibility index (Phi) is 4.97. The lowest BCUT2D eigenvalue weighted by atomic mass is 10.1. The minimum atomic E-state index is -0.973. The van der Waals surface area contributed by atoms with Crippen LogP contribution in [0.4, 0.5) is 0 Å². The molecule has 0 saturated heterocycles. The van der Waals surface area contributed by atoms with Gasteiger partial charge in [-0.2, -0.15) is 0 Å². The van der Waals surface area contributed by atoms with Gasteiger partial charge in [-0.15, -0.1) is 0 Å². The number of methoxy groups -OCH3 is 1. The molecule has 4 heteroatoms. The fraction of sp³-hybridized carbons (Fsp3) is 0.462. The first-order chi connectivity index (χ1) is 8.08. The van der Waals surface area contributed by atoms with E-state index < -0.39 is 6.10 Å². The number of rotatable bonds is 5. The second kappa shape index (κ2) is 6.25. The van der Waals surface area contributed by atoms with Crippen LogP contribution in [0.3, 0.4) is 0 Å². The normalized spacial score (nSPS) is 12.0. The van der Waals surface area contributed by atoms with Crippen molar-refractivity contribution in [1.29, 1.82) is 0 Å². The standard InChI is InChI=1S/C13H19NO3/c1-4-11-7-10(5-6-12(11)17-3)8-14-13(16)9(2)15/h5-7,9,15H,4,8H2,1-3H3,(H,14,16). The van der Waals surface area contributed by atoms with E-state index in [1.165, 1.54) is 6.92 Å². The summed E-state index contributed by atoms with van der Waals surface area (Å²) in [7, 11) is 1.64. The number of hydrogen-bond acceptors (Lipinski definition) is 3. The molecule has 94 valence electrons. The van der Waals surface area contributed by atoms with E-state index in [4.69, 9.17) is 9.84 Å². The summed E-state index contributed by atoms with van der Waals surface area (Å²) >= 11 is 0. The maximum Gasteiger partial charge on any atom is 0.248 e. The second-order valence-corrected chi connectivity index (χ2v) is 3.89. The van der Waals surface area contributed by atoms with Crippen LogP contribution in [0.5, 0.6) is 5.75 Å². The van der Waals surface area contributed by atoms with E-state index >= 15 is 0 Å². The van der Waals surface area contributed by atoms with Crippen LogP contribution in [0.2, 0.25) is 0 Å². The molecular formula is C13H19NO3. The third-order valence-electron chi connectivity index (χ3n) is 2.57. The predicted octanol–water partition coefficient (Wildman–Crippen LogP) is 1.25. The van der Waals surface area contributed by atoms with Crippen LogP contribution in [0.25, 0.3) is 0 Å². The highest BCUT2D eigenvalue weighted by Crippen LogP contribution is 2.20. The highest BCUT2D eigenvalue weighted by atomic mass is 16.5. The monoisotopic (exact) mass is 237 g/mol. The van der Waals surface area contributed by atoms with Crippen molar-refractivity contribution in [3.05, 3.63) is 29.3 Å². The molecule has 0 spiro atoms. The molecule has 1 aromatic rings. The van der Waals surface area contributed by atoms with Gasteiger partial charge in [0.1, 0.15) is 11.9 Å². The molecule has 17 heavy (non-hydrogen) atoms. The summed E-state index contributed by atoms with van der Waals surface area (Å²) in [6.07, 6.45) is -0.0969. The van der Waals surface area contributed by atoms with Crippen LogP contribution < -0.4 is 10.1 Å². The van der Waals surface area contributed by atoms with E-state index in [1.54, 1.807) is 7.11 Å². The van der Waals surface area contributed by atoms with E-state index in [9.17, 15) is 4.79 Å². The van der Waals surface area contributed by atoms with E-state index in [0.29, 0.717) is 6.54 Å². The highest BCUT2D eigenvalue weighted by molar-refractivity contribution is 5.79. The Morgan fingerprint density at radius 2 is 2.24 bits per heavy atom. The summed E-state index contributed by atoms with van der Waals surface area (Å²) in [6, 6.07) is 5.80. The molecule has 0 fully saturated rings. The van der Waals surface area contributed by atoms with Crippen LogP contribution in [0.1, 0.15) is 25.0 Å². The molecule has 0 saturated carbocycles. The lowest BCUT2D eigenvalue weighted by molar-refractivity contribution is -0.128. The van der Waals surface area contributed by atoms with Crippen molar-refractivity contribution in [3.8, 4) is 5.75 Å². The maximum atomic E-state index is 11.2. The van der Waals surface area contributed by atoms with Crippen LogP contribution >= 0.6 is 0 Å². The highest BCUT2D eigenvalue weighted by Gasteiger charge is 2.08. The minimum Gasteiger partial charge on any atom is -0.496 e. The second-order valence-electron chi connectivity index (χ2n) is 3.89. The van der Waals surface area contributed by atoms with Gasteiger partial charge in [0.25, 0.3) is 0 Å². The first-order valence-corrected chi connectivity index (χ1v) is 5.70. The van der Waals surface area contributed by atoms with E-state index in [-0.39, 0.29) is 5.91 Å². The van der Waals surface area contributed by atoms with Crippen molar-refractivity contribution in [3.63, 3.8) is 0 Å². The summed E-state index contributed by atoms with van der Waals surface area (Å²) in [6.45, 7) is 3.91. The number of aryl methyl sites for hydroxylation is 1. The Balaban J connectivity index is 2.69. The van der Waals surface area contributed by atoms with E-state index in [1.807, 2.05) is 18.2 Å². The van der Waals surface area contributed by atoms with Crippen molar-refractivity contribution < 1.29 is 14.6 Å². The van der Waals surface area contributed by atoms with Crippen LogP contribution in [0.15, 0.2) is 18.2 Å². The minimum absolute atomic E-state index is 0.362. The molecule has 4 nitrogen and oxygen atoms in total. The topological polar surface area (TPSA) is 58.6 Å². The molecule has 0 aliphatic carbocycles. The number of ether oxygens (including phenoxy) is 1. The largest absolute Gasteiger partial charge is 0.496 e. The molecule has 1 atom stereocenters. The Labute approximate surface area is 102 Å². The van der Waals surface area contributed by atoms with Crippen molar-refractivity contribution in [2.75, 3.05) is 7.11 Å². The van der Waals surface area contributed by atoms with Crippen LogP contribution in [-0.2, 0) is 17.8 Å². The Morgan fingerprint density at radius 3 is 2.76 bits per heavy atom. The van der Waals surface area contributed by atoms with E-state index in [2.05, 4.69) is 12.2 Å². The number of aliphatic hydroxyl groups excluding tert-OH is 1. The van der Waals surface area contributed by atoms with Gasteiger partial charge >= 0.3 is 0 Å². The zero-order valence-electron chi connectivity index (χ0n) is 10.5. The average Bonchev–Trinajstić information content (AvgIpc) is 2.35. The number of amides is 1. The lowest BCUT2D eigenvalue weighted by Gasteiger charge is -2.11. The molecule has 0 radical (unpaired) electrons. The lowest BCUT2D eigenvalue weighted by Crippen LogP contribution is -2.31. The molecule has 1 unspecified atom stereocenters. The Hall–Kier alpha value is -1.55. The number of aliphatic hydroxyl groups is 1. The fourth-order valence-corrected chi connectivity index (χ4v) is 1.56. The molecule has 0 aromatic heterocycles. The molecule has 2 N–H and O–H groups in total. The average molecular weight is 237 g/mol. The number of carbonyl (C=O) groups excluding carboxylic acids is 1. The molecule has 1 rings (SSSR count). The van der Waals surface area contributed by atoms with Gasteiger partial charge in [-0.05, 0) is 30.5 Å². The van der Waals surface area contributed by atoms with Gasteiger partial charge in [0, 0.05) is 6.54 Å². The zero-order chi connectivity index (χ0) is 12.8. The van der Waals surface area contributed by atoms with Gasteiger partial charge in [-0.1, -0.05) is 19.1 Å². The fourth-order valence-electron chi connectivity index (χ4n) is 1.56. The van der Waals surface area contributed by atoms with Gasteiger partial charge in [-0.3, -0.25) is 4.79 Å². The maximum absolute atomic E-state index is 11.2. The van der Waals surface area contributed by atoms with Gasteiger partial charge in [-0.25, -0.2) is 0 Å². The first kappa shape index (κ1) is 13.5. The van der Waals surface area contributed by atoms with Crippen molar-refractivity contribution in [2.45, 2.75) is 32.9 Å². The van der Waals surface area contributed by atoms with Gasteiger partial charge < -0.3 is 15.2 Å². The van der Waals surface area contributed by atoms with Gasteiger partial charge in [0.05, 0.1) is 7.11 Å². The summed E-state index contributed by atoms with van der Waals surface area (Å²) in [5.74, 6) is 0.497. The van der Waals surface area contributed by atoms with Gasteiger partial charge in [0.15, 0.2) is 0 Å². The third-order valence-corrected chi connectivity index (χ3v) is 2.57. The molecule has 0 aliphatic rings. The molecule has 0 aliphatic heterocycles. The van der Waals surface area contributed by atoms with Gasteiger partial charge in [0.2, 0.25) is 5.91 Å². The van der Waals surface area contributed by atoms with Crippen LogP contribution in [-0.4, -0.2) is 24.2 Å². The Bertz CT molecular complexity index is 388. The number of nitrogens with one attached hydrogen (secondary N) is 1. The summed E-state index contributed by atoms with van der Waals surface area (Å²) in [4.78, 5) is 11.2.